The quantitative estimate of drug-likeness (QED) is 0.253. The highest BCUT2D eigenvalue weighted by molar-refractivity contribution is 5.89. The van der Waals surface area contributed by atoms with Crippen molar-refractivity contribution in [3.63, 3.8) is 0 Å². The molecular weight excluding hydrogens is 539 g/mol. The number of anilines is 1. The number of fused-ring (bicyclic) bond motifs is 2. The van der Waals surface area contributed by atoms with E-state index in [0.717, 1.165) is 37.3 Å². The summed E-state index contributed by atoms with van der Waals surface area (Å²) in [6.07, 6.45) is 6.37. The van der Waals surface area contributed by atoms with Gasteiger partial charge in [0.2, 0.25) is 0 Å². The summed E-state index contributed by atoms with van der Waals surface area (Å²) in [5, 5.41) is 4.86. The van der Waals surface area contributed by atoms with Crippen LogP contribution in [0.25, 0.3) is 33.2 Å². The first-order valence-corrected chi connectivity index (χ1v) is 14.4. The molecule has 6 rings (SSSR count). The Kier molecular flexibility index (Phi) is 7.38. The zero-order chi connectivity index (χ0) is 29.6. The average molecular weight is 577 g/mol. The fraction of sp³-hybridized carbons (Fsp3) is 0.484. The number of methoxy groups -OCH3 is 1. The van der Waals surface area contributed by atoms with Crippen LogP contribution in [0.5, 0.6) is 5.75 Å². The Balaban J connectivity index is 1.25. The second kappa shape index (κ2) is 11.0. The maximum Gasteiger partial charge on any atom is 0.410 e. The van der Waals surface area contributed by atoms with Crippen molar-refractivity contribution in [2.45, 2.75) is 51.7 Å². The van der Waals surface area contributed by atoms with Crippen LogP contribution in [0, 0.1) is 11.7 Å². The summed E-state index contributed by atoms with van der Waals surface area (Å²) in [6, 6.07) is 7.87. The van der Waals surface area contributed by atoms with Gasteiger partial charge in [0.05, 0.1) is 29.0 Å². The molecule has 1 saturated heterocycles. The molecular formula is C31H37FN6O4. The van der Waals surface area contributed by atoms with Crippen molar-refractivity contribution in [3.05, 3.63) is 42.5 Å². The van der Waals surface area contributed by atoms with Crippen LogP contribution < -0.4 is 9.64 Å². The van der Waals surface area contributed by atoms with Gasteiger partial charge in [-0.2, -0.15) is 5.10 Å². The van der Waals surface area contributed by atoms with Crippen LogP contribution in [0.2, 0.25) is 0 Å². The van der Waals surface area contributed by atoms with E-state index in [1.165, 1.54) is 20.0 Å². The number of carbonyl (C=O) groups is 1. The molecule has 3 heterocycles. The number of aromatic nitrogens is 4. The molecule has 2 aromatic carbocycles. The smallest absolute Gasteiger partial charge is 0.410 e. The van der Waals surface area contributed by atoms with Gasteiger partial charge in [-0.25, -0.2) is 14.2 Å². The zero-order valence-electron chi connectivity index (χ0n) is 24.8. The van der Waals surface area contributed by atoms with E-state index in [4.69, 9.17) is 24.2 Å². The standard InChI is InChI=1S/C31H37FN6O4/c1-31(2,3)42-30(39)38(15-19-6-7-19)22-10-11-37(17-22)21-8-9-24-25(13-21)33-14-26(34-24)23-12-20-16-36(4)35-28(20)27(32)29(23)41-18-40-5/h8-9,12-14,16,19,22H,6-7,10-11,15,17-18H2,1-5H3/t22-/m1/s1. The molecule has 2 aliphatic rings. The first-order chi connectivity index (χ1) is 20.1. The van der Waals surface area contributed by atoms with Gasteiger partial charge in [0.15, 0.2) is 18.4 Å². The normalized spacial score (nSPS) is 17.3. The third kappa shape index (κ3) is 5.83. The van der Waals surface area contributed by atoms with Crippen LogP contribution in [-0.4, -0.2) is 75.9 Å². The summed E-state index contributed by atoms with van der Waals surface area (Å²) < 4.78 is 33.4. The first-order valence-electron chi connectivity index (χ1n) is 14.4. The van der Waals surface area contributed by atoms with E-state index in [1.54, 1.807) is 24.1 Å². The Morgan fingerprint density at radius 2 is 1.98 bits per heavy atom. The lowest BCUT2D eigenvalue weighted by Crippen LogP contribution is -2.45. The number of aryl methyl sites for hydroxylation is 1. The molecule has 0 N–H and O–H groups in total. The van der Waals surface area contributed by atoms with E-state index in [2.05, 4.69) is 10.00 Å². The van der Waals surface area contributed by atoms with Crippen molar-refractivity contribution >= 4 is 33.7 Å². The Morgan fingerprint density at radius 1 is 1.17 bits per heavy atom. The molecule has 0 bridgehead atoms. The number of ether oxygens (including phenoxy) is 3. The van der Waals surface area contributed by atoms with Crippen molar-refractivity contribution in [3.8, 4) is 17.0 Å². The van der Waals surface area contributed by atoms with Crippen LogP contribution in [-0.2, 0) is 16.5 Å². The largest absolute Gasteiger partial charge is 0.464 e. The molecule has 222 valence electrons. The number of amides is 1. The Bertz CT molecular complexity index is 1630. The molecule has 0 unspecified atom stereocenters. The van der Waals surface area contributed by atoms with Gasteiger partial charge >= 0.3 is 6.09 Å². The molecule has 0 radical (unpaired) electrons. The summed E-state index contributed by atoms with van der Waals surface area (Å²) in [6.45, 7) is 7.91. The lowest BCUT2D eigenvalue weighted by atomic mass is 10.1. The third-order valence-electron chi connectivity index (χ3n) is 7.68. The highest BCUT2D eigenvalue weighted by atomic mass is 19.1. The maximum absolute atomic E-state index is 15.4. The molecule has 1 saturated carbocycles. The zero-order valence-corrected chi connectivity index (χ0v) is 24.8. The minimum Gasteiger partial charge on any atom is -0.464 e. The minimum atomic E-state index is -0.567. The fourth-order valence-electron chi connectivity index (χ4n) is 5.51. The van der Waals surface area contributed by atoms with Gasteiger partial charge < -0.3 is 24.0 Å². The van der Waals surface area contributed by atoms with E-state index in [0.29, 0.717) is 28.1 Å². The van der Waals surface area contributed by atoms with Gasteiger partial charge in [-0.15, -0.1) is 0 Å². The highest BCUT2D eigenvalue weighted by Gasteiger charge is 2.37. The summed E-state index contributed by atoms with van der Waals surface area (Å²) in [5.74, 6) is 0.0322. The summed E-state index contributed by atoms with van der Waals surface area (Å²) >= 11 is 0. The molecule has 1 aliphatic heterocycles. The number of halogens is 1. The van der Waals surface area contributed by atoms with Crippen LogP contribution in [0.3, 0.4) is 0 Å². The Labute approximate surface area is 244 Å². The van der Waals surface area contributed by atoms with Crippen molar-refractivity contribution < 1.29 is 23.4 Å². The lowest BCUT2D eigenvalue weighted by Gasteiger charge is -2.32. The molecule has 1 aliphatic carbocycles. The molecule has 1 amide bonds. The highest BCUT2D eigenvalue weighted by Crippen LogP contribution is 2.37. The van der Waals surface area contributed by atoms with Gasteiger partial charge in [-0.1, -0.05) is 0 Å². The van der Waals surface area contributed by atoms with E-state index < -0.39 is 11.4 Å². The van der Waals surface area contributed by atoms with Crippen LogP contribution in [0.4, 0.5) is 14.9 Å². The number of benzene rings is 2. The molecule has 4 aromatic rings. The molecule has 10 nitrogen and oxygen atoms in total. The number of hydrogen-bond donors (Lipinski definition) is 0. The summed E-state index contributed by atoms with van der Waals surface area (Å²) in [7, 11) is 3.22. The van der Waals surface area contributed by atoms with Crippen molar-refractivity contribution in [1.29, 1.82) is 0 Å². The average Bonchev–Trinajstić information content (AvgIpc) is 3.49. The van der Waals surface area contributed by atoms with Gasteiger partial charge in [0.25, 0.3) is 0 Å². The van der Waals surface area contributed by atoms with Gasteiger partial charge in [0.1, 0.15) is 11.1 Å². The van der Waals surface area contributed by atoms with Gasteiger partial charge in [0, 0.05) is 56.6 Å². The van der Waals surface area contributed by atoms with E-state index in [9.17, 15) is 4.79 Å². The molecule has 11 heteroatoms. The van der Waals surface area contributed by atoms with Crippen LogP contribution in [0.1, 0.15) is 40.0 Å². The van der Waals surface area contributed by atoms with E-state index in [1.807, 2.05) is 49.9 Å². The van der Waals surface area contributed by atoms with Crippen LogP contribution in [0.15, 0.2) is 36.7 Å². The predicted octanol–water partition coefficient (Wildman–Crippen LogP) is 5.53. The van der Waals surface area contributed by atoms with Crippen molar-refractivity contribution in [2.75, 3.05) is 38.4 Å². The number of carbonyl (C=O) groups excluding carboxylic acids is 1. The fourth-order valence-corrected chi connectivity index (χ4v) is 5.51. The van der Waals surface area contributed by atoms with Crippen LogP contribution >= 0.6 is 0 Å². The Hall–Kier alpha value is -3.99. The topological polar surface area (TPSA) is 94.8 Å². The molecule has 42 heavy (non-hydrogen) atoms. The third-order valence-corrected chi connectivity index (χ3v) is 7.68. The number of hydrogen-bond acceptors (Lipinski definition) is 8. The molecule has 1 atom stereocenters. The van der Waals surface area contributed by atoms with Gasteiger partial charge in [-0.3, -0.25) is 9.67 Å². The predicted molar refractivity (Wildman–Crippen MR) is 158 cm³/mol. The van der Waals surface area contributed by atoms with Crippen molar-refractivity contribution in [2.24, 2.45) is 13.0 Å². The number of nitrogens with zero attached hydrogens (tertiary/aromatic N) is 6. The summed E-state index contributed by atoms with van der Waals surface area (Å²) in [5.41, 5.74) is 3.08. The number of rotatable bonds is 8. The van der Waals surface area contributed by atoms with E-state index in [-0.39, 0.29) is 30.2 Å². The second-order valence-corrected chi connectivity index (χ2v) is 12.3. The minimum absolute atomic E-state index is 0.0252. The summed E-state index contributed by atoms with van der Waals surface area (Å²) in [4.78, 5) is 26.8. The molecule has 2 aromatic heterocycles. The first kappa shape index (κ1) is 28.1. The maximum atomic E-state index is 15.4. The van der Waals surface area contributed by atoms with E-state index >= 15 is 4.39 Å². The van der Waals surface area contributed by atoms with Gasteiger partial charge in [-0.05, 0) is 70.2 Å². The molecule has 0 spiro atoms. The van der Waals surface area contributed by atoms with Crippen molar-refractivity contribution in [1.82, 2.24) is 24.6 Å². The SMILES string of the molecule is COCOc1c(-c2cnc3cc(N4CC[C@@H](N(CC5CC5)C(=O)OC(C)(C)C)C4)ccc3n2)cc2cn(C)nc2c1F. The second-order valence-electron chi connectivity index (χ2n) is 12.3. The molecule has 2 fully saturated rings. The monoisotopic (exact) mass is 576 g/mol. The Morgan fingerprint density at radius 3 is 2.71 bits per heavy atom. The lowest BCUT2D eigenvalue weighted by molar-refractivity contribution is 0.0167.